The first-order valence-corrected chi connectivity index (χ1v) is 17.3. The number of para-hydroxylation sites is 1. The summed E-state index contributed by atoms with van der Waals surface area (Å²) in [5.41, 5.74) is 11.9. The fraction of sp³-hybridized carbons (Fsp3) is 0.432. The summed E-state index contributed by atoms with van der Waals surface area (Å²) in [7, 11) is 2.12. The molecule has 0 bridgehead atoms. The number of hydrogen-bond donors (Lipinski definition) is 0. The van der Waals surface area contributed by atoms with Crippen LogP contribution in [0.4, 0.5) is 5.69 Å². The molecule has 0 aliphatic rings. The minimum absolute atomic E-state index is 0. The van der Waals surface area contributed by atoms with E-state index in [1.54, 1.807) is 0 Å². The second-order valence-corrected chi connectivity index (χ2v) is 14.5. The zero-order valence-corrected chi connectivity index (χ0v) is 36.2. The van der Waals surface area contributed by atoms with Crippen molar-refractivity contribution in [2.45, 2.75) is 118 Å². The van der Waals surface area contributed by atoms with Gasteiger partial charge in [-0.15, -0.1) is 30.0 Å². The van der Waals surface area contributed by atoms with Crippen molar-refractivity contribution in [3.63, 3.8) is 0 Å². The third-order valence-electron chi connectivity index (χ3n) is 9.37. The van der Waals surface area contributed by atoms with Gasteiger partial charge >= 0.3 is 25.8 Å². The van der Waals surface area contributed by atoms with Crippen LogP contribution in [0, 0.1) is 20.9 Å². The molecule has 5 rings (SSSR count). The Bertz CT molecular complexity index is 1770. The number of benzene rings is 3. The maximum absolute atomic E-state index is 6.31. The molecule has 5 aromatic rings. The van der Waals surface area contributed by atoms with Gasteiger partial charge in [0.05, 0.1) is 17.3 Å². The van der Waals surface area contributed by atoms with E-state index in [9.17, 15) is 0 Å². The smallest absolute Gasteiger partial charge is 0.671 e. The van der Waals surface area contributed by atoms with Gasteiger partial charge in [0.15, 0.2) is 0 Å². The Balaban J connectivity index is 0.00000278. The number of nitrogens with zero attached hydrogens (tertiary/aromatic N) is 3. The number of furan rings is 1. The number of rotatable bonds is 11. The molecule has 4 nitrogen and oxygen atoms in total. The molecule has 0 radical (unpaired) electrons. The molecule has 0 amide bonds. The molecule has 2 aromatic heterocycles. The Morgan fingerprint density at radius 1 is 0.776 bits per heavy atom. The summed E-state index contributed by atoms with van der Waals surface area (Å²) < 4.78 is 8.51. The second-order valence-electron chi connectivity index (χ2n) is 14.5. The Morgan fingerprint density at radius 3 is 1.82 bits per heavy atom. The first-order chi connectivity index (χ1) is 21.8. The predicted molar refractivity (Wildman–Crippen MR) is 208 cm³/mol. The van der Waals surface area contributed by atoms with Crippen LogP contribution in [0.1, 0.15) is 157 Å². The molecule has 2 heterocycles. The zero-order valence-electron chi connectivity index (χ0n) is 32.6. The molecular weight excluding hydrogens is 765 g/mol. The molecule has 49 heavy (non-hydrogen) atoms. The summed E-state index contributed by atoms with van der Waals surface area (Å²) in [4.78, 5) is 5.48. The molecule has 0 saturated carbocycles. The van der Waals surface area contributed by atoms with E-state index < -0.39 is 0 Å². The van der Waals surface area contributed by atoms with Crippen molar-refractivity contribution >= 4 is 16.7 Å². The van der Waals surface area contributed by atoms with Crippen LogP contribution in [0.25, 0.3) is 27.5 Å². The SMILES string of the molecule is CCc1oc2ccc[c-]c2c1-c1cn(C)c(C([N-]c2c(C(C)C)cccc2C(C)C)c2c(C(C)C)cc(C(C)C)cc2C(C)C)n1.[CH3-].[CH3-].[Hf+4]. The van der Waals surface area contributed by atoms with E-state index in [1.165, 1.54) is 33.4 Å². The Morgan fingerprint density at radius 2 is 1.33 bits per heavy atom. The number of hydrogen-bond acceptors (Lipinski definition) is 2. The van der Waals surface area contributed by atoms with E-state index in [1.807, 2.05) is 18.2 Å². The van der Waals surface area contributed by atoms with Crippen molar-refractivity contribution in [3.05, 3.63) is 126 Å². The van der Waals surface area contributed by atoms with Crippen molar-refractivity contribution < 1.29 is 30.3 Å². The van der Waals surface area contributed by atoms with Crippen LogP contribution < -0.4 is 0 Å². The Kier molecular flexibility index (Phi) is 14.9. The Labute approximate surface area is 317 Å². The van der Waals surface area contributed by atoms with Crippen LogP contribution in [0.5, 0.6) is 0 Å². The number of aromatic nitrogens is 2. The molecule has 0 spiro atoms. The van der Waals surface area contributed by atoms with Gasteiger partial charge in [-0.3, -0.25) is 0 Å². The molecule has 0 aliphatic heterocycles. The molecule has 0 fully saturated rings. The third kappa shape index (κ3) is 8.35. The van der Waals surface area contributed by atoms with E-state index in [0.717, 1.165) is 45.9 Å². The molecule has 0 aliphatic carbocycles. The van der Waals surface area contributed by atoms with Crippen LogP contribution in [-0.2, 0) is 39.3 Å². The van der Waals surface area contributed by atoms with Crippen LogP contribution in [0.15, 0.2) is 59.1 Å². The molecule has 1 unspecified atom stereocenters. The maximum Gasteiger partial charge on any atom is 4.00 e. The maximum atomic E-state index is 6.31. The van der Waals surface area contributed by atoms with Gasteiger partial charge in [0.25, 0.3) is 0 Å². The van der Waals surface area contributed by atoms with Crippen molar-refractivity contribution in [1.82, 2.24) is 9.55 Å². The summed E-state index contributed by atoms with van der Waals surface area (Å²) in [6, 6.07) is 20.7. The first-order valence-electron chi connectivity index (χ1n) is 17.3. The van der Waals surface area contributed by atoms with Crippen molar-refractivity contribution in [3.8, 4) is 11.3 Å². The minimum Gasteiger partial charge on any atom is -0.671 e. The molecule has 0 saturated heterocycles. The first kappa shape index (κ1) is 42.2. The van der Waals surface area contributed by atoms with Crippen LogP contribution >= 0.6 is 0 Å². The monoisotopic (exact) mass is 825 g/mol. The quantitative estimate of drug-likeness (QED) is 0.0984. The number of fused-ring (bicyclic) bond motifs is 1. The van der Waals surface area contributed by atoms with E-state index in [4.69, 9.17) is 14.7 Å². The molecular formula is C44H59HfN3O. The fourth-order valence-corrected chi connectivity index (χ4v) is 6.77. The normalized spacial score (nSPS) is 12.1. The average molecular weight is 824 g/mol. The summed E-state index contributed by atoms with van der Waals surface area (Å²) >= 11 is 0. The second kappa shape index (κ2) is 17.3. The van der Waals surface area contributed by atoms with E-state index in [2.05, 4.69) is 130 Å². The number of aryl methyl sites for hydroxylation is 2. The van der Waals surface area contributed by atoms with Crippen LogP contribution in [0.2, 0.25) is 0 Å². The van der Waals surface area contributed by atoms with Crippen LogP contribution in [0.3, 0.4) is 0 Å². The molecule has 5 heteroatoms. The summed E-state index contributed by atoms with van der Waals surface area (Å²) in [5.74, 6) is 3.65. The molecule has 0 N–H and O–H groups in total. The Hall–Kier alpha value is -2.92. The van der Waals surface area contributed by atoms with E-state index in [-0.39, 0.29) is 46.7 Å². The predicted octanol–water partition coefficient (Wildman–Crippen LogP) is 13.5. The average Bonchev–Trinajstić information content (AvgIpc) is 3.58. The van der Waals surface area contributed by atoms with Gasteiger partial charge in [0.2, 0.25) is 0 Å². The minimum atomic E-state index is -0.292. The largest absolute Gasteiger partial charge is 4.00 e. The van der Waals surface area contributed by atoms with Gasteiger partial charge in [-0.25, -0.2) is 4.98 Å². The number of imidazole rings is 1. The van der Waals surface area contributed by atoms with Gasteiger partial charge in [0.1, 0.15) is 0 Å². The summed E-state index contributed by atoms with van der Waals surface area (Å²) in [5, 5.41) is 6.83. The van der Waals surface area contributed by atoms with E-state index >= 15 is 0 Å². The molecule has 3 aromatic carbocycles. The summed E-state index contributed by atoms with van der Waals surface area (Å²) in [6.45, 7) is 25.1. The van der Waals surface area contributed by atoms with Gasteiger partial charge < -0.3 is 29.2 Å². The molecule has 1 atom stereocenters. The van der Waals surface area contributed by atoms with Gasteiger partial charge in [-0.1, -0.05) is 123 Å². The molecule has 260 valence electrons. The standard InChI is InChI=1S/C42H53N3O.2CH3.Hf/c1-13-36-39(32-17-14-15-20-37(32)46-36)35-23-45(12)42(43-35)41(44-40-30(25(4)5)18-16-19-31(40)26(6)7)38-33(27(8)9)21-29(24(2)3)22-34(38)28(10)11;;;/h14-16,18-28,41H,13H2,1-12H3;2*1H3;/q-2;2*-1;+4. The topological polar surface area (TPSA) is 45.1 Å². The van der Waals surface area contributed by atoms with Gasteiger partial charge in [-0.05, 0) is 69.9 Å². The zero-order chi connectivity index (χ0) is 33.4. The van der Waals surface area contributed by atoms with Crippen molar-refractivity contribution in [2.24, 2.45) is 7.05 Å². The van der Waals surface area contributed by atoms with Crippen LogP contribution in [-0.4, -0.2) is 9.55 Å². The van der Waals surface area contributed by atoms with Gasteiger partial charge in [-0.2, -0.15) is 0 Å². The van der Waals surface area contributed by atoms with Crippen molar-refractivity contribution in [2.75, 3.05) is 0 Å². The summed E-state index contributed by atoms with van der Waals surface area (Å²) in [6.07, 6.45) is 2.94. The fourth-order valence-electron chi connectivity index (χ4n) is 6.77. The van der Waals surface area contributed by atoms with Gasteiger partial charge in [0, 0.05) is 18.8 Å². The van der Waals surface area contributed by atoms with E-state index in [0.29, 0.717) is 29.6 Å². The van der Waals surface area contributed by atoms with Crippen molar-refractivity contribution in [1.29, 1.82) is 0 Å². The third-order valence-corrected chi connectivity index (χ3v) is 9.37.